The molecule has 14 heavy (non-hydrogen) atoms. The van der Waals surface area contributed by atoms with Gasteiger partial charge < -0.3 is 9.47 Å². The molecule has 6 nitrogen and oxygen atoms in total. The number of hydrogen-bond donors (Lipinski definition) is 0. The minimum absolute atomic E-state index is 0.0332. The van der Waals surface area contributed by atoms with Crippen LogP contribution in [0.15, 0.2) is 0 Å². The highest BCUT2D eigenvalue weighted by Gasteiger charge is 2.31. The Morgan fingerprint density at radius 2 is 2.21 bits per heavy atom. The molecule has 1 rings (SSSR count). The normalized spacial score (nSPS) is 24.6. The van der Waals surface area contributed by atoms with Crippen molar-refractivity contribution in [1.82, 2.24) is 4.31 Å². The van der Waals surface area contributed by atoms with Crippen LogP contribution >= 0.6 is 0 Å². The fourth-order valence-corrected chi connectivity index (χ4v) is 2.01. The molecule has 0 spiro atoms. The van der Waals surface area contributed by atoms with Gasteiger partial charge in [-0.3, -0.25) is 0 Å². The third kappa shape index (κ3) is 2.66. The van der Waals surface area contributed by atoms with Crippen molar-refractivity contribution in [2.75, 3.05) is 33.1 Å². The van der Waals surface area contributed by atoms with E-state index in [0.29, 0.717) is 0 Å². The fraction of sp³-hybridized carbons (Fsp3) is 0.857. The molecule has 0 aromatic rings. The van der Waals surface area contributed by atoms with E-state index in [0.717, 1.165) is 6.26 Å². The molecule has 0 aliphatic carbocycles. The van der Waals surface area contributed by atoms with Crippen molar-refractivity contribution < 1.29 is 22.7 Å². The smallest absolute Gasteiger partial charge is 0.336 e. The van der Waals surface area contributed by atoms with E-state index < -0.39 is 22.1 Å². The molecule has 0 aromatic carbocycles. The largest absolute Gasteiger partial charge is 0.467 e. The van der Waals surface area contributed by atoms with Gasteiger partial charge in [0, 0.05) is 6.54 Å². The van der Waals surface area contributed by atoms with Crippen LogP contribution in [0, 0.1) is 0 Å². The minimum atomic E-state index is -3.25. The zero-order chi connectivity index (χ0) is 10.8. The Kier molecular flexibility index (Phi) is 3.46. The number of carbonyl (C=O) groups excluding carboxylic acids is 1. The first kappa shape index (κ1) is 11.4. The van der Waals surface area contributed by atoms with Crippen molar-refractivity contribution >= 4 is 16.0 Å². The van der Waals surface area contributed by atoms with Crippen molar-refractivity contribution in [3.05, 3.63) is 0 Å². The molecule has 0 aromatic heterocycles. The molecule has 1 unspecified atom stereocenters. The first-order chi connectivity index (χ1) is 6.45. The quantitative estimate of drug-likeness (QED) is 0.551. The van der Waals surface area contributed by atoms with Gasteiger partial charge in [0.25, 0.3) is 0 Å². The Bertz CT molecular complexity index is 312. The third-order valence-electron chi connectivity index (χ3n) is 1.96. The molecule has 1 fully saturated rings. The number of esters is 1. The van der Waals surface area contributed by atoms with E-state index >= 15 is 0 Å². The van der Waals surface area contributed by atoms with Gasteiger partial charge in [0.1, 0.15) is 0 Å². The highest BCUT2D eigenvalue weighted by atomic mass is 32.2. The van der Waals surface area contributed by atoms with Crippen molar-refractivity contribution in [1.29, 1.82) is 0 Å². The summed E-state index contributed by atoms with van der Waals surface area (Å²) in [6.07, 6.45) is 0.301. The fourth-order valence-electron chi connectivity index (χ4n) is 1.20. The molecule has 1 aliphatic heterocycles. The van der Waals surface area contributed by atoms with Crippen LogP contribution in [-0.4, -0.2) is 57.9 Å². The Balaban J connectivity index is 2.65. The molecule has 1 heterocycles. The molecule has 0 amide bonds. The highest BCUT2D eigenvalue weighted by Crippen LogP contribution is 2.09. The van der Waals surface area contributed by atoms with Gasteiger partial charge >= 0.3 is 5.97 Å². The van der Waals surface area contributed by atoms with Crippen LogP contribution in [0.4, 0.5) is 0 Å². The number of carbonyl (C=O) groups is 1. The number of morpholine rings is 1. The summed E-state index contributed by atoms with van der Waals surface area (Å²) >= 11 is 0. The number of sulfonamides is 1. The molecule has 7 heteroatoms. The van der Waals surface area contributed by atoms with Gasteiger partial charge in [0.05, 0.1) is 26.5 Å². The number of hydrogen-bond acceptors (Lipinski definition) is 5. The number of nitrogens with zero attached hydrogens (tertiary/aromatic N) is 1. The molecule has 82 valence electrons. The highest BCUT2D eigenvalue weighted by molar-refractivity contribution is 7.88. The maximum absolute atomic E-state index is 11.2. The van der Waals surface area contributed by atoms with Gasteiger partial charge in [0.2, 0.25) is 10.0 Å². The Hall–Kier alpha value is -0.660. The van der Waals surface area contributed by atoms with E-state index in [-0.39, 0.29) is 19.7 Å². The molecular formula is C7H13NO5S. The molecule has 0 saturated carbocycles. The summed E-state index contributed by atoms with van der Waals surface area (Å²) in [5.41, 5.74) is 0. The molecule has 1 atom stereocenters. The summed E-state index contributed by atoms with van der Waals surface area (Å²) in [7, 11) is -2.01. The Morgan fingerprint density at radius 1 is 1.57 bits per heavy atom. The summed E-state index contributed by atoms with van der Waals surface area (Å²) in [6.45, 7) is 0.532. The van der Waals surface area contributed by atoms with Crippen LogP contribution in [0.5, 0.6) is 0 Å². The second kappa shape index (κ2) is 4.24. The Labute approximate surface area is 82.8 Å². The zero-order valence-corrected chi connectivity index (χ0v) is 8.91. The van der Waals surface area contributed by atoms with Crippen LogP contribution in [0.2, 0.25) is 0 Å². The molecule has 1 aliphatic rings. The lowest BCUT2D eigenvalue weighted by molar-refractivity contribution is -0.157. The maximum Gasteiger partial charge on any atom is 0.336 e. The summed E-state index contributed by atoms with van der Waals surface area (Å²) in [4.78, 5) is 11.1. The van der Waals surface area contributed by atoms with E-state index in [4.69, 9.17) is 4.74 Å². The first-order valence-corrected chi connectivity index (χ1v) is 5.94. The second-order valence-electron chi connectivity index (χ2n) is 3.00. The van der Waals surface area contributed by atoms with E-state index in [9.17, 15) is 13.2 Å². The van der Waals surface area contributed by atoms with E-state index in [1.807, 2.05) is 0 Å². The number of rotatable bonds is 2. The van der Waals surface area contributed by atoms with E-state index in [1.54, 1.807) is 0 Å². The SMILES string of the molecule is COC(=O)C1CN(S(C)(=O)=O)CCO1. The minimum Gasteiger partial charge on any atom is -0.467 e. The van der Waals surface area contributed by atoms with Crippen LogP contribution in [0.3, 0.4) is 0 Å². The van der Waals surface area contributed by atoms with E-state index in [1.165, 1.54) is 11.4 Å². The van der Waals surface area contributed by atoms with Crippen molar-refractivity contribution in [2.45, 2.75) is 6.10 Å². The average molecular weight is 223 g/mol. The molecule has 0 N–H and O–H groups in total. The van der Waals surface area contributed by atoms with Crippen molar-refractivity contribution in [3.63, 3.8) is 0 Å². The standard InChI is InChI=1S/C7H13NO5S/c1-12-7(9)6-5-8(3-4-13-6)14(2,10)11/h6H,3-5H2,1-2H3. The summed E-state index contributed by atoms with van der Waals surface area (Å²) < 4.78 is 33.1. The van der Waals surface area contributed by atoms with Crippen LogP contribution in [0.25, 0.3) is 0 Å². The zero-order valence-electron chi connectivity index (χ0n) is 8.10. The van der Waals surface area contributed by atoms with E-state index in [2.05, 4.69) is 4.74 Å². The summed E-state index contributed by atoms with van der Waals surface area (Å²) in [5.74, 6) is -0.543. The lowest BCUT2D eigenvalue weighted by atomic mass is 10.3. The van der Waals surface area contributed by atoms with Crippen molar-refractivity contribution in [2.24, 2.45) is 0 Å². The van der Waals surface area contributed by atoms with Crippen LogP contribution in [-0.2, 0) is 24.3 Å². The summed E-state index contributed by atoms with van der Waals surface area (Å²) in [5, 5.41) is 0. The maximum atomic E-state index is 11.2. The predicted molar refractivity (Wildman–Crippen MR) is 48.2 cm³/mol. The first-order valence-electron chi connectivity index (χ1n) is 4.09. The molecule has 0 bridgehead atoms. The third-order valence-corrected chi connectivity index (χ3v) is 3.23. The Morgan fingerprint density at radius 3 is 2.71 bits per heavy atom. The van der Waals surface area contributed by atoms with Gasteiger partial charge in [-0.25, -0.2) is 13.2 Å². The topological polar surface area (TPSA) is 72.9 Å². The monoisotopic (exact) mass is 223 g/mol. The molecular weight excluding hydrogens is 210 g/mol. The summed E-state index contributed by atoms with van der Waals surface area (Å²) in [6, 6.07) is 0. The second-order valence-corrected chi connectivity index (χ2v) is 4.99. The van der Waals surface area contributed by atoms with Crippen LogP contribution < -0.4 is 0 Å². The van der Waals surface area contributed by atoms with Crippen LogP contribution in [0.1, 0.15) is 0 Å². The average Bonchev–Trinajstić information content (AvgIpc) is 2.15. The molecule has 0 radical (unpaired) electrons. The van der Waals surface area contributed by atoms with Gasteiger partial charge in [-0.1, -0.05) is 0 Å². The number of ether oxygens (including phenoxy) is 2. The lowest BCUT2D eigenvalue weighted by Gasteiger charge is -2.29. The van der Waals surface area contributed by atoms with Gasteiger partial charge in [-0.2, -0.15) is 4.31 Å². The van der Waals surface area contributed by atoms with Gasteiger partial charge in [-0.05, 0) is 0 Å². The van der Waals surface area contributed by atoms with Gasteiger partial charge in [0.15, 0.2) is 6.10 Å². The molecule has 1 saturated heterocycles. The predicted octanol–water partition coefficient (Wildman–Crippen LogP) is -1.18. The van der Waals surface area contributed by atoms with Gasteiger partial charge in [-0.15, -0.1) is 0 Å². The lowest BCUT2D eigenvalue weighted by Crippen LogP contribution is -2.48. The number of methoxy groups -OCH3 is 1. The van der Waals surface area contributed by atoms with Crippen molar-refractivity contribution in [3.8, 4) is 0 Å².